The predicted molar refractivity (Wildman–Crippen MR) is 60.7 cm³/mol. The third kappa shape index (κ3) is 4.20. The third-order valence-corrected chi connectivity index (χ3v) is 3.39. The Hall–Kier alpha value is -0.570. The summed E-state index contributed by atoms with van der Waals surface area (Å²) >= 11 is 0. The molecule has 3 nitrogen and oxygen atoms in total. The van der Waals surface area contributed by atoms with Gasteiger partial charge >= 0.3 is 5.97 Å². The molecule has 1 aliphatic carbocycles. The Kier molecular flexibility index (Phi) is 4.58. The normalized spacial score (nSPS) is 21.3. The molecule has 88 valence electrons. The second kappa shape index (κ2) is 5.50. The zero-order valence-corrected chi connectivity index (χ0v) is 10.1. The number of rotatable bonds is 5. The van der Waals surface area contributed by atoms with Crippen LogP contribution in [0.4, 0.5) is 0 Å². The van der Waals surface area contributed by atoms with E-state index in [9.17, 15) is 4.79 Å². The lowest BCUT2D eigenvalue weighted by Crippen LogP contribution is -2.36. The first kappa shape index (κ1) is 12.5. The lowest BCUT2D eigenvalue weighted by atomic mass is 9.88. The Morgan fingerprint density at radius 3 is 2.60 bits per heavy atom. The minimum absolute atomic E-state index is 0.133. The van der Waals surface area contributed by atoms with Crippen LogP contribution in [0.5, 0.6) is 0 Å². The first-order chi connectivity index (χ1) is 7.06. The zero-order valence-electron chi connectivity index (χ0n) is 10.1. The molecule has 0 aliphatic heterocycles. The van der Waals surface area contributed by atoms with Crippen molar-refractivity contribution in [1.82, 2.24) is 5.32 Å². The van der Waals surface area contributed by atoms with Gasteiger partial charge in [0, 0.05) is 12.6 Å². The van der Waals surface area contributed by atoms with Crippen molar-refractivity contribution in [2.75, 3.05) is 13.7 Å². The smallest absolute Gasteiger partial charge is 0.307 e. The SMILES string of the molecule is COC(=O)CC(C)NCC1(C)CCCC1. The molecule has 0 aromatic rings. The Labute approximate surface area is 92.6 Å². The van der Waals surface area contributed by atoms with E-state index >= 15 is 0 Å². The summed E-state index contributed by atoms with van der Waals surface area (Å²) in [5.74, 6) is -0.133. The summed E-state index contributed by atoms with van der Waals surface area (Å²) < 4.78 is 4.64. The van der Waals surface area contributed by atoms with Gasteiger partial charge in [-0.05, 0) is 25.2 Å². The van der Waals surface area contributed by atoms with Gasteiger partial charge in [-0.3, -0.25) is 4.79 Å². The number of nitrogens with one attached hydrogen (secondary N) is 1. The van der Waals surface area contributed by atoms with Crippen LogP contribution < -0.4 is 5.32 Å². The molecular weight excluding hydrogens is 190 g/mol. The molecular formula is C12H23NO2. The van der Waals surface area contributed by atoms with E-state index in [0.717, 1.165) is 6.54 Å². The fraction of sp³-hybridized carbons (Fsp3) is 0.917. The maximum atomic E-state index is 11.0. The van der Waals surface area contributed by atoms with Crippen molar-refractivity contribution >= 4 is 5.97 Å². The van der Waals surface area contributed by atoms with Gasteiger partial charge in [0.15, 0.2) is 0 Å². The molecule has 1 atom stereocenters. The Bertz CT molecular complexity index is 210. The van der Waals surface area contributed by atoms with E-state index in [1.54, 1.807) is 0 Å². The Balaban J connectivity index is 2.21. The van der Waals surface area contributed by atoms with E-state index in [4.69, 9.17) is 0 Å². The minimum Gasteiger partial charge on any atom is -0.469 e. The highest BCUT2D eigenvalue weighted by Gasteiger charge is 2.28. The molecule has 3 heteroatoms. The van der Waals surface area contributed by atoms with Gasteiger partial charge < -0.3 is 10.1 Å². The zero-order chi connectivity index (χ0) is 11.3. The predicted octanol–water partition coefficient (Wildman–Crippen LogP) is 2.11. The molecule has 0 spiro atoms. The van der Waals surface area contributed by atoms with Crippen molar-refractivity contribution in [1.29, 1.82) is 0 Å². The average Bonchev–Trinajstić information content (AvgIpc) is 2.63. The first-order valence-corrected chi connectivity index (χ1v) is 5.86. The monoisotopic (exact) mass is 213 g/mol. The molecule has 1 N–H and O–H groups in total. The number of methoxy groups -OCH3 is 1. The third-order valence-electron chi connectivity index (χ3n) is 3.39. The summed E-state index contributed by atoms with van der Waals surface area (Å²) in [6.07, 6.45) is 5.79. The van der Waals surface area contributed by atoms with Gasteiger partial charge in [0.2, 0.25) is 0 Å². The van der Waals surface area contributed by atoms with Crippen LogP contribution in [0.2, 0.25) is 0 Å². The molecule has 1 fully saturated rings. The van der Waals surface area contributed by atoms with Crippen LogP contribution in [0.1, 0.15) is 46.0 Å². The molecule has 0 saturated heterocycles. The highest BCUT2D eigenvalue weighted by atomic mass is 16.5. The van der Waals surface area contributed by atoms with Crippen LogP contribution in [-0.2, 0) is 9.53 Å². The number of esters is 1. The van der Waals surface area contributed by atoms with Crippen molar-refractivity contribution in [3.63, 3.8) is 0 Å². The molecule has 0 radical (unpaired) electrons. The van der Waals surface area contributed by atoms with Gasteiger partial charge in [-0.25, -0.2) is 0 Å². The Morgan fingerprint density at radius 1 is 1.47 bits per heavy atom. The summed E-state index contributed by atoms with van der Waals surface area (Å²) in [6.45, 7) is 5.39. The maximum absolute atomic E-state index is 11.0. The van der Waals surface area contributed by atoms with Crippen LogP contribution in [0, 0.1) is 5.41 Å². The second-order valence-electron chi connectivity index (χ2n) is 5.08. The van der Waals surface area contributed by atoms with Crippen LogP contribution in [0.25, 0.3) is 0 Å². The van der Waals surface area contributed by atoms with Crippen LogP contribution in [0.15, 0.2) is 0 Å². The van der Waals surface area contributed by atoms with E-state index in [2.05, 4.69) is 17.0 Å². The van der Waals surface area contributed by atoms with Gasteiger partial charge in [-0.1, -0.05) is 19.8 Å². The van der Waals surface area contributed by atoms with E-state index in [1.807, 2.05) is 6.92 Å². The van der Waals surface area contributed by atoms with Gasteiger partial charge in [0.25, 0.3) is 0 Å². The molecule has 0 bridgehead atoms. The van der Waals surface area contributed by atoms with E-state index in [-0.39, 0.29) is 12.0 Å². The highest BCUT2D eigenvalue weighted by molar-refractivity contribution is 5.69. The molecule has 15 heavy (non-hydrogen) atoms. The van der Waals surface area contributed by atoms with Crippen molar-refractivity contribution in [2.24, 2.45) is 5.41 Å². The number of carbonyl (C=O) groups is 1. The largest absolute Gasteiger partial charge is 0.469 e. The van der Waals surface area contributed by atoms with Gasteiger partial charge in [-0.2, -0.15) is 0 Å². The van der Waals surface area contributed by atoms with E-state index < -0.39 is 0 Å². The summed E-state index contributed by atoms with van der Waals surface area (Å²) in [4.78, 5) is 11.0. The number of carbonyl (C=O) groups excluding carboxylic acids is 1. The van der Waals surface area contributed by atoms with E-state index in [1.165, 1.54) is 32.8 Å². The lowest BCUT2D eigenvalue weighted by molar-refractivity contribution is -0.141. The topological polar surface area (TPSA) is 38.3 Å². The fourth-order valence-electron chi connectivity index (χ4n) is 2.23. The van der Waals surface area contributed by atoms with Crippen molar-refractivity contribution in [3.05, 3.63) is 0 Å². The van der Waals surface area contributed by atoms with Gasteiger partial charge in [0.1, 0.15) is 0 Å². The molecule has 0 aromatic heterocycles. The first-order valence-electron chi connectivity index (χ1n) is 5.86. The quantitative estimate of drug-likeness (QED) is 0.711. The number of ether oxygens (including phenoxy) is 1. The summed E-state index contributed by atoms with van der Waals surface area (Å²) in [7, 11) is 1.44. The van der Waals surface area contributed by atoms with Crippen LogP contribution in [-0.4, -0.2) is 25.7 Å². The molecule has 0 aromatic carbocycles. The average molecular weight is 213 g/mol. The molecule has 1 rings (SSSR count). The number of hydrogen-bond acceptors (Lipinski definition) is 3. The minimum atomic E-state index is -0.133. The number of hydrogen-bond donors (Lipinski definition) is 1. The fourth-order valence-corrected chi connectivity index (χ4v) is 2.23. The van der Waals surface area contributed by atoms with Gasteiger partial charge in [0.05, 0.1) is 13.5 Å². The molecule has 1 aliphatic rings. The van der Waals surface area contributed by atoms with Gasteiger partial charge in [-0.15, -0.1) is 0 Å². The maximum Gasteiger partial charge on any atom is 0.307 e. The van der Waals surface area contributed by atoms with Crippen LogP contribution >= 0.6 is 0 Å². The summed E-state index contributed by atoms with van der Waals surface area (Å²) in [5, 5.41) is 3.43. The standard InChI is InChI=1S/C12H23NO2/c1-10(8-11(14)15-3)13-9-12(2)6-4-5-7-12/h10,13H,4-9H2,1-3H3. The Morgan fingerprint density at radius 2 is 2.07 bits per heavy atom. The van der Waals surface area contributed by atoms with Crippen LogP contribution in [0.3, 0.4) is 0 Å². The van der Waals surface area contributed by atoms with Crippen molar-refractivity contribution < 1.29 is 9.53 Å². The second-order valence-corrected chi connectivity index (χ2v) is 5.08. The van der Waals surface area contributed by atoms with Crippen molar-refractivity contribution in [3.8, 4) is 0 Å². The molecule has 1 saturated carbocycles. The highest BCUT2D eigenvalue weighted by Crippen LogP contribution is 2.36. The summed E-state index contributed by atoms with van der Waals surface area (Å²) in [6, 6.07) is 0.217. The molecule has 0 heterocycles. The molecule has 1 unspecified atom stereocenters. The van der Waals surface area contributed by atoms with Crippen molar-refractivity contribution in [2.45, 2.75) is 52.0 Å². The molecule has 0 amide bonds. The van der Waals surface area contributed by atoms with E-state index in [0.29, 0.717) is 11.8 Å². The summed E-state index contributed by atoms with van der Waals surface area (Å²) in [5.41, 5.74) is 0.449. The lowest BCUT2D eigenvalue weighted by Gasteiger charge is -2.26.